The third-order valence-electron chi connectivity index (χ3n) is 6.32. The summed E-state index contributed by atoms with van der Waals surface area (Å²) in [6, 6.07) is 11.0. The van der Waals surface area contributed by atoms with E-state index in [0.717, 1.165) is 66.8 Å². The number of aromatic nitrogens is 2. The number of hydrogen-bond acceptors (Lipinski definition) is 3. The van der Waals surface area contributed by atoms with E-state index < -0.39 is 0 Å². The first-order valence-corrected chi connectivity index (χ1v) is 10.7. The second-order valence-corrected chi connectivity index (χ2v) is 8.24. The van der Waals surface area contributed by atoms with E-state index in [2.05, 4.69) is 20.9 Å². The number of carbonyl (C=O) groups is 1. The number of fused-ring (bicyclic) bond motifs is 1. The minimum absolute atomic E-state index is 0.0928. The molecule has 1 amide bonds. The average molecular weight is 409 g/mol. The first kappa shape index (κ1) is 20.5. The first-order chi connectivity index (χ1) is 14.5. The predicted octanol–water partition coefficient (Wildman–Crippen LogP) is 3.72. The zero-order valence-electron chi connectivity index (χ0n) is 17.7. The van der Waals surface area contributed by atoms with Crippen LogP contribution in [0.4, 0.5) is 4.39 Å². The van der Waals surface area contributed by atoms with Gasteiger partial charge in [0.05, 0.1) is 6.42 Å². The van der Waals surface area contributed by atoms with Gasteiger partial charge in [0, 0.05) is 67.6 Å². The predicted molar refractivity (Wildman–Crippen MR) is 117 cm³/mol. The molecule has 1 aliphatic rings. The molecule has 4 rings (SSSR count). The Hall–Kier alpha value is -2.73. The highest BCUT2D eigenvalue weighted by Crippen LogP contribution is 2.25. The zero-order chi connectivity index (χ0) is 21.1. The second-order valence-electron chi connectivity index (χ2n) is 8.24. The molecule has 6 heteroatoms. The molecule has 0 saturated carbocycles. The van der Waals surface area contributed by atoms with E-state index in [1.807, 2.05) is 37.2 Å². The van der Waals surface area contributed by atoms with Crippen molar-refractivity contribution in [3.8, 4) is 0 Å². The van der Waals surface area contributed by atoms with E-state index in [4.69, 9.17) is 0 Å². The van der Waals surface area contributed by atoms with Gasteiger partial charge in [0.15, 0.2) is 0 Å². The minimum Gasteiger partial charge on any atom is -0.358 e. The lowest BCUT2D eigenvalue weighted by Crippen LogP contribution is -2.46. The van der Waals surface area contributed by atoms with E-state index >= 15 is 0 Å². The minimum atomic E-state index is -0.276. The number of pyridine rings is 1. The van der Waals surface area contributed by atoms with E-state index in [1.54, 1.807) is 6.07 Å². The van der Waals surface area contributed by atoms with Crippen LogP contribution in [0.15, 0.2) is 42.6 Å². The van der Waals surface area contributed by atoms with Gasteiger partial charge < -0.3 is 14.8 Å². The number of piperidine rings is 1. The number of likely N-dealkylation sites (N-methyl/N-ethyl adjacent to an activating group) is 1. The summed E-state index contributed by atoms with van der Waals surface area (Å²) in [7, 11) is 1.90. The number of likely N-dealkylation sites (tertiary alicyclic amines) is 1. The molecule has 2 aromatic heterocycles. The summed E-state index contributed by atoms with van der Waals surface area (Å²) in [5, 5.41) is 0.804. The molecule has 1 saturated heterocycles. The lowest BCUT2D eigenvalue weighted by Gasteiger charge is -2.36. The zero-order valence-corrected chi connectivity index (χ0v) is 17.7. The molecule has 3 aromatic rings. The highest BCUT2D eigenvalue weighted by Gasteiger charge is 2.26. The van der Waals surface area contributed by atoms with E-state index in [1.165, 1.54) is 12.1 Å². The monoisotopic (exact) mass is 408 g/mol. The third kappa shape index (κ3) is 4.54. The average Bonchev–Trinajstić information content (AvgIpc) is 3.07. The molecule has 0 atom stereocenters. The van der Waals surface area contributed by atoms with Gasteiger partial charge in [-0.3, -0.25) is 9.78 Å². The summed E-state index contributed by atoms with van der Waals surface area (Å²) in [6.07, 6.45) is 5.05. The fourth-order valence-corrected chi connectivity index (χ4v) is 4.41. The number of nitrogens with one attached hydrogen (secondary N) is 1. The van der Waals surface area contributed by atoms with Crippen molar-refractivity contribution >= 4 is 16.8 Å². The Morgan fingerprint density at radius 2 is 2.07 bits per heavy atom. The van der Waals surface area contributed by atoms with Crippen LogP contribution in [-0.2, 0) is 17.6 Å². The fraction of sp³-hybridized carbons (Fsp3) is 0.417. The quantitative estimate of drug-likeness (QED) is 0.676. The number of H-pyrrole nitrogens is 1. The van der Waals surface area contributed by atoms with Crippen molar-refractivity contribution in [1.82, 2.24) is 19.8 Å². The third-order valence-corrected chi connectivity index (χ3v) is 6.32. The maximum absolute atomic E-state index is 13.7. The van der Waals surface area contributed by atoms with Crippen LogP contribution in [0, 0.1) is 12.7 Å². The molecular weight excluding hydrogens is 379 g/mol. The topological polar surface area (TPSA) is 52.2 Å². The van der Waals surface area contributed by atoms with Gasteiger partial charge in [-0.05, 0) is 55.7 Å². The van der Waals surface area contributed by atoms with Gasteiger partial charge in [-0.15, -0.1) is 0 Å². The van der Waals surface area contributed by atoms with Crippen molar-refractivity contribution < 1.29 is 9.18 Å². The van der Waals surface area contributed by atoms with E-state index in [9.17, 15) is 9.18 Å². The van der Waals surface area contributed by atoms with Crippen molar-refractivity contribution in [3.05, 3.63) is 65.4 Å². The van der Waals surface area contributed by atoms with Gasteiger partial charge in [-0.2, -0.15) is 0 Å². The van der Waals surface area contributed by atoms with Gasteiger partial charge in [-0.25, -0.2) is 4.39 Å². The van der Waals surface area contributed by atoms with Crippen LogP contribution in [0.5, 0.6) is 0 Å². The molecule has 3 heterocycles. The highest BCUT2D eigenvalue weighted by molar-refractivity contribution is 5.90. The van der Waals surface area contributed by atoms with Gasteiger partial charge >= 0.3 is 0 Å². The van der Waals surface area contributed by atoms with Crippen molar-refractivity contribution in [2.75, 3.05) is 26.7 Å². The summed E-state index contributed by atoms with van der Waals surface area (Å²) in [4.78, 5) is 25.0. The maximum atomic E-state index is 13.7. The van der Waals surface area contributed by atoms with E-state index in [0.29, 0.717) is 6.42 Å². The van der Waals surface area contributed by atoms with Crippen LogP contribution in [0.25, 0.3) is 10.9 Å². The summed E-state index contributed by atoms with van der Waals surface area (Å²) in [5.74, 6) is -0.183. The summed E-state index contributed by atoms with van der Waals surface area (Å²) in [5.41, 5.74) is 3.83. The molecule has 0 aliphatic carbocycles. The maximum Gasteiger partial charge on any atom is 0.227 e. The number of halogens is 1. The van der Waals surface area contributed by atoms with Crippen LogP contribution >= 0.6 is 0 Å². The smallest absolute Gasteiger partial charge is 0.227 e. The van der Waals surface area contributed by atoms with E-state index in [-0.39, 0.29) is 17.8 Å². The Labute approximate surface area is 176 Å². The van der Waals surface area contributed by atoms with Gasteiger partial charge in [0.1, 0.15) is 5.82 Å². The van der Waals surface area contributed by atoms with Crippen molar-refractivity contribution in [3.63, 3.8) is 0 Å². The van der Waals surface area contributed by atoms with Crippen molar-refractivity contribution in [2.45, 2.75) is 38.6 Å². The number of nitrogens with zero attached hydrogens (tertiary/aromatic N) is 3. The fourth-order valence-electron chi connectivity index (χ4n) is 4.41. The molecular formula is C24H29FN4O. The van der Waals surface area contributed by atoms with Crippen molar-refractivity contribution in [2.24, 2.45) is 0 Å². The Balaban J connectivity index is 1.32. The number of benzene rings is 1. The second kappa shape index (κ2) is 8.96. The molecule has 0 bridgehead atoms. The van der Waals surface area contributed by atoms with Crippen LogP contribution < -0.4 is 0 Å². The number of aryl methyl sites for hydroxylation is 1. The molecule has 5 nitrogen and oxygen atoms in total. The summed E-state index contributed by atoms with van der Waals surface area (Å²) < 4.78 is 13.7. The number of hydrogen-bond donors (Lipinski definition) is 1. The lowest BCUT2D eigenvalue weighted by molar-refractivity contribution is -0.132. The Kier molecular flexibility index (Phi) is 6.13. The number of aromatic amines is 1. The lowest BCUT2D eigenvalue weighted by atomic mass is 10.0. The Morgan fingerprint density at radius 1 is 1.27 bits per heavy atom. The highest BCUT2D eigenvalue weighted by atomic mass is 19.1. The standard InChI is InChI=1S/C24H29FN4O/c1-17-21(22-15-18(25)6-7-23(22)27-17)16-24(30)28(2)20-9-13-29(14-10-20)12-8-19-5-3-4-11-26-19/h3-7,11,15,20,27H,8-10,12-14,16H2,1-2H3. The first-order valence-electron chi connectivity index (χ1n) is 10.7. The molecule has 0 radical (unpaired) electrons. The number of amides is 1. The largest absolute Gasteiger partial charge is 0.358 e. The molecule has 1 N–H and O–H groups in total. The Bertz CT molecular complexity index is 1010. The summed E-state index contributed by atoms with van der Waals surface area (Å²) in [6.45, 7) is 4.93. The van der Waals surface area contributed by atoms with Crippen LogP contribution in [0.1, 0.15) is 29.8 Å². The summed E-state index contributed by atoms with van der Waals surface area (Å²) >= 11 is 0. The molecule has 158 valence electrons. The number of carbonyl (C=O) groups excluding carboxylic acids is 1. The molecule has 1 fully saturated rings. The Morgan fingerprint density at radius 3 is 2.80 bits per heavy atom. The van der Waals surface area contributed by atoms with Gasteiger partial charge in [-0.1, -0.05) is 6.07 Å². The molecule has 30 heavy (non-hydrogen) atoms. The van der Waals surface area contributed by atoms with Gasteiger partial charge in [0.2, 0.25) is 5.91 Å². The van der Waals surface area contributed by atoms with Crippen LogP contribution in [0.2, 0.25) is 0 Å². The number of rotatable bonds is 6. The molecule has 0 spiro atoms. The molecule has 1 aromatic carbocycles. The SMILES string of the molecule is Cc1[nH]c2ccc(F)cc2c1CC(=O)N(C)C1CCN(CCc2ccccn2)CC1. The van der Waals surface area contributed by atoms with Gasteiger partial charge in [0.25, 0.3) is 0 Å². The normalized spacial score (nSPS) is 15.6. The molecule has 1 aliphatic heterocycles. The van der Waals surface area contributed by atoms with Crippen LogP contribution in [-0.4, -0.2) is 58.4 Å². The van der Waals surface area contributed by atoms with Crippen LogP contribution in [0.3, 0.4) is 0 Å². The van der Waals surface area contributed by atoms with Crippen molar-refractivity contribution in [1.29, 1.82) is 0 Å². The molecule has 0 unspecified atom stereocenters.